The molecule has 24 heavy (non-hydrogen) atoms. The number of hydrogen-bond donors (Lipinski definition) is 3. The van der Waals surface area contributed by atoms with Gasteiger partial charge in [-0.2, -0.15) is 0 Å². The van der Waals surface area contributed by atoms with Gasteiger partial charge in [-0.25, -0.2) is 4.99 Å². The van der Waals surface area contributed by atoms with Crippen LogP contribution in [0.3, 0.4) is 0 Å². The lowest BCUT2D eigenvalue weighted by molar-refractivity contribution is -0.119. The second-order valence-electron chi connectivity index (χ2n) is 5.99. The topological polar surface area (TPSA) is 65.5 Å². The van der Waals surface area contributed by atoms with Crippen molar-refractivity contribution in [1.82, 2.24) is 10.6 Å². The fourth-order valence-corrected chi connectivity index (χ4v) is 1.96. The summed E-state index contributed by atoms with van der Waals surface area (Å²) >= 11 is 0. The Morgan fingerprint density at radius 1 is 1.21 bits per heavy atom. The first-order valence-corrected chi connectivity index (χ1v) is 8.40. The fourth-order valence-electron chi connectivity index (χ4n) is 1.96. The van der Waals surface area contributed by atoms with Crippen LogP contribution in [0, 0.1) is 5.92 Å². The average molecular weight is 446 g/mol. The van der Waals surface area contributed by atoms with E-state index >= 15 is 0 Å². The molecule has 0 aromatic heterocycles. The average Bonchev–Trinajstić information content (AvgIpc) is 2.52. The Morgan fingerprint density at radius 3 is 2.50 bits per heavy atom. The van der Waals surface area contributed by atoms with Gasteiger partial charge in [0.25, 0.3) is 0 Å². The van der Waals surface area contributed by atoms with E-state index in [1.54, 1.807) is 0 Å². The second kappa shape index (κ2) is 12.1. The number of carbonyl (C=O) groups excluding carboxylic acids is 1. The van der Waals surface area contributed by atoms with Crippen LogP contribution in [-0.2, 0) is 11.3 Å². The molecule has 0 bridgehead atoms. The molecule has 0 saturated carbocycles. The lowest BCUT2D eigenvalue weighted by Gasteiger charge is -2.14. The van der Waals surface area contributed by atoms with Crippen LogP contribution in [0.4, 0.5) is 5.69 Å². The van der Waals surface area contributed by atoms with Crippen molar-refractivity contribution >= 4 is 41.5 Å². The van der Waals surface area contributed by atoms with E-state index in [1.807, 2.05) is 45.0 Å². The number of hydrogen-bond acceptors (Lipinski definition) is 2. The zero-order chi connectivity index (χ0) is 17.2. The molecule has 1 rings (SSSR count). The van der Waals surface area contributed by atoms with E-state index in [1.165, 1.54) is 0 Å². The van der Waals surface area contributed by atoms with Crippen molar-refractivity contribution in [2.45, 2.75) is 53.6 Å². The van der Waals surface area contributed by atoms with E-state index in [-0.39, 0.29) is 35.8 Å². The molecule has 0 saturated heterocycles. The summed E-state index contributed by atoms with van der Waals surface area (Å²) in [6, 6.07) is 8.17. The van der Waals surface area contributed by atoms with Crippen LogP contribution >= 0.6 is 24.0 Å². The van der Waals surface area contributed by atoms with E-state index in [4.69, 9.17) is 0 Å². The van der Waals surface area contributed by atoms with E-state index in [9.17, 15) is 4.79 Å². The lowest BCUT2D eigenvalue weighted by Crippen LogP contribution is -2.40. The predicted octanol–water partition coefficient (Wildman–Crippen LogP) is 3.75. The number of halogens is 1. The quantitative estimate of drug-likeness (QED) is 0.340. The summed E-state index contributed by atoms with van der Waals surface area (Å²) in [7, 11) is 0. The van der Waals surface area contributed by atoms with Crippen LogP contribution in [0.5, 0.6) is 0 Å². The third-order valence-electron chi connectivity index (χ3n) is 3.44. The minimum Gasteiger partial charge on any atom is -0.357 e. The summed E-state index contributed by atoms with van der Waals surface area (Å²) in [6.07, 6.45) is 0.836. The molecular weight excluding hydrogens is 415 g/mol. The minimum atomic E-state index is 0. The van der Waals surface area contributed by atoms with Gasteiger partial charge in [0.05, 0.1) is 6.54 Å². The van der Waals surface area contributed by atoms with Crippen LogP contribution < -0.4 is 16.0 Å². The highest BCUT2D eigenvalue weighted by molar-refractivity contribution is 14.0. The number of anilines is 1. The van der Waals surface area contributed by atoms with Gasteiger partial charge >= 0.3 is 0 Å². The Labute approximate surface area is 163 Å². The van der Waals surface area contributed by atoms with Gasteiger partial charge in [0.15, 0.2) is 5.96 Å². The zero-order valence-corrected chi connectivity index (χ0v) is 17.7. The van der Waals surface area contributed by atoms with Crippen molar-refractivity contribution in [3.63, 3.8) is 0 Å². The Morgan fingerprint density at radius 2 is 1.92 bits per heavy atom. The van der Waals surface area contributed by atoms with Gasteiger partial charge in [-0.3, -0.25) is 4.79 Å². The van der Waals surface area contributed by atoms with Crippen molar-refractivity contribution in [3.05, 3.63) is 29.8 Å². The minimum absolute atomic E-state index is 0. The van der Waals surface area contributed by atoms with Crippen LogP contribution in [0.15, 0.2) is 29.3 Å². The van der Waals surface area contributed by atoms with Gasteiger partial charge < -0.3 is 16.0 Å². The highest BCUT2D eigenvalue weighted by Crippen LogP contribution is 2.13. The van der Waals surface area contributed by atoms with Gasteiger partial charge in [-0.1, -0.05) is 26.0 Å². The first-order valence-electron chi connectivity index (χ1n) is 8.40. The van der Waals surface area contributed by atoms with Crippen molar-refractivity contribution < 1.29 is 4.79 Å². The maximum atomic E-state index is 12.0. The molecule has 0 aliphatic carbocycles. The number of amides is 1. The van der Waals surface area contributed by atoms with Gasteiger partial charge in [0.2, 0.25) is 5.91 Å². The molecule has 0 radical (unpaired) electrons. The highest BCUT2D eigenvalue weighted by Gasteiger charge is 2.10. The lowest BCUT2D eigenvalue weighted by atomic mass is 10.1. The number of benzene rings is 1. The molecule has 1 unspecified atom stereocenters. The van der Waals surface area contributed by atoms with Crippen LogP contribution in [0.2, 0.25) is 0 Å². The van der Waals surface area contributed by atoms with Gasteiger partial charge in [0, 0.05) is 24.2 Å². The van der Waals surface area contributed by atoms with Crippen LogP contribution in [-0.4, -0.2) is 24.5 Å². The largest absolute Gasteiger partial charge is 0.357 e. The molecule has 0 heterocycles. The second-order valence-corrected chi connectivity index (χ2v) is 5.99. The first-order chi connectivity index (χ1) is 11.0. The van der Waals surface area contributed by atoms with Crippen molar-refractivity contribution in [2.24, 2.45) is 10.9 Å². The number of nitrogens with zero attached hydrogens (tertiary/aromatic N) is 1. The first kappa shape index (κ1) is 22.7. The molecule has 1 aromatic carbocycles. The molecule has 0 spiro atoms. The summed E-state index contributed by atoms with van der Waals surface area (Å²) in [6.45, 7) is 11.5. The number of rotatable bonds is 7. The molecule has 3 N–H and O–H groups in total. The summed E-state index contributed by atoms with van der Waals surface area (Å²) in [5.41, 5.74) is 1.89. The molecular formula is C18H31IN4O. The zero-order valence-electron chi connectivity index (χ0n) is 15.3. The van der Waals surface area contributed by atoms with Gasteiger partial charge in [-0.15, -0.1) is 24.0 Å². The summed E-state index contributed by atoms with van der Waals surface area (Å²) in [5, 5.41) is 9.47. The molecule has 6 heteroatoms. The highest BCUT2D eigenvalue weighted by atomic mass is 127. The summed E-state index contributed by atoms with van der Waals surface area (Å²) in [4.78, 5) is 16.5. The molecule has 5 nitrogen and oxygen atoms in total. The fraction of sp³-hybridized carbons (Fsp3) is 0.556. The van der Waals surface area contributed by atoms with E-state index in [0.717, 1.165) is 30.2 Å². The van der Waals surface area contributed by atoms with Crippen LogP contribution in [0.25, 0.3) is 0 Å². The molecule has 1 aromatic rings. The Balaban J connectivity index is 0.00000529. The Bertz CT molecular complexity index is 532. The van der Waals surface area contributed by atoms with Crippen LogP contribution in [0.1, 0.15) is 46.6 Å². The monoisotopic (exact) mass is 446 g/mol. The molecule has 1 atom stereocenters. The maximum Gasteiger partial charge on any atom is 0.227 e. The summed E-state index contributed by atoms with van der Waals surface area (Å²) in [5.74, 6) is 0.881. The normalized spacial score (nSPS) is 12.3. The number of nitrogens with one attached hydrogen (secondary N) is 3. The number of carbonyl (C=O) groups is 1. The third kappa shape index (κ3) is 8.52. The summed E-state index contributed by atoms with van der Waals surface area (Å²) < 4.78 is 0. The Hall–Kier alpha value is -1.31. The Kier molecular flexibility index (Phi) is 11.4. The molecule has 136 valence electrons. The van der Waals surface area contributed by atoms with E-state index in [2.05, 4.69) is 34.8 Å². The predicted molar refractivity (Wildman–Crippen MR) is 113 cm³/mol. The van der Waals surface area contributed by atoms with Gasteiger partial charge in [-0.05, 0) is 44.9 Å². The SMILES string of the molecule is CCNC(=NCc1cccc(NC(=O)C(C)CC)c1)NC(C)C.I. The number of aliphatic imine (C=N–C) groups is 1. The van der Waals surface area contributed by atoms with Crippen molar-refractivity contribution in [2.75, 3.05) is 11.9 Å². The van der Waals surface area contributed by atoms with Gasteiger partial charge in [0.1, 0.15) is 0 Å². The smallest absolute Gasteiger partial charge is 0.227 e. The van der Waals surface area contributed by atoms with E-state index in [0.29, 0.717) is 12.6 Å². The van der Waals surface area contributed by atoms with Crippen molar-refractivity contribution in [1.29, 1.82) is 0 Å². The third-order valence-corrected chi connectivity index (χ3v) is 3.44. The molecule has 0 aliphatic heterocycles. The number of guanidine groups is 1. The standard InChI is InChI=1S/C18H30N4O.HI/c1-6-14(5)17(23)22-16-10-8-9-15(11-16)12-20-18(19-7-2)21-13(3)4;/h8-11,13-14H,6-7,12H2,1-5H3,(H,22,23)(H2,19,20,21);1H. The van der Waals surface area contributed by atoms with E-state index < -0.39 is 0 Å². The molecule has 1 amide bonds. The molecule has 0 aliphatic rings. The molecule has 0 fully saturated rings. The maximum absolute atomic E-state index is 12.0. The van der Waals surface area contributed by atoms with Crippen molar-refractivity contribution in [3.8, 4) is 0 Å².